The molecule has 0 aliphatic rings. The lowest BCUT2D eigenvalue weighted by atomic mass is 10.1. The van der Waals surface area contributed by atoms with E-state index in [1.807, 2.05) is 0 Å². The molecule has 1 atom stereocenters. The molecule has 0 saturated heterocycles. The van der Waals surface area contributed by atoms with Crippen LogP contribution in [0.1, 0.15) is 24.4 Å². The third-order valence-corrected chi connectivity index (χ3v) is 4.41. The number of hydrogen-bond acceptors (Lipinski definition) is 9. The Hall–Kier alpha value is -4.08. The number of phenolic OH excluding ortho intramolecular Hbond substituents is 1. The Labute approximate surface area is 178 Å². The average Bonchev–Trinajstić information content (AvgIpc) is 3.31. The highest BCUT2D eigenvalue weighted by atomic mass is 16.6. The van der Waals surface area contributed by atoms with E-state index in [-0.39, 0.29) is 24.7 Å². The zero-order chi connectivity index (χ0) is 22.2. The second-order valence-electron chi connectivity index (χ2n) is 6.45. The van der Waals surface area contributed by atoms with Gasteiger partial charge in [-0.05, 0) is 48.9 Å². The molecule has 1 heterocycles. The summed E-state index contributed by atoms with van der Waals surface area (Å²) in [5.41, 5.74) is 0.749. The second kappa shape index (κ2) is 10.1. The Morgan fingerprint density at radius 1 is 1.10 bits per heavy atom. The van der Waals surface area contributed by atoms with E-state index in [0.717, 1.165) is 5.56 Å². The van der Waals surface area contributed by atoms with Gasteiger partial charge in [0.15, 0.2) is 6.61 Å². The molecule has 0 saturated carbocycles. The number of benzene rings is 2. The maximum absolute atomic E-state index is 12.8. The molecule has 3 rings (SSSR count). The zero-order valence-electron chi connectivity index (χ0n) is 16.9. The summed E-state index contributed by atoms with van der Waals surface area (Å²) in [5, 5.41) is 13.0. The van der Waals surface area contributed by atoms with Crippen LogP contribution in [0.15, 0.2) is 59.4 Å². The normalized spacial score (nSPS) is 11.4. The van der Waals surface area contributed by atoms with Gasteiger partial charge in [0.1, 0.15) is 23.8 Å². The first kappa shape index (κ1) is 21.6. The fourth-order valence-electron chi connectivity index (χ4n) is 2.66. The van der Waals surface area contributed by atoms with Crippen LogP contribution in [0.4, 0.5) is 4.79 Å². The Balaban J connectivity index is 1.70. The number of nitrogens with zero attached hydrogens (tertiary/aromatic N) is 3. The van der Waals surface area contributed by atoms with E-state index in [1.54, 1.807) is 31.2 Å². The van der Waals surface area contributed by atoms with E-state index < -0.39 is 18.1 Å². The minimum absolute atomic E-state index is 0.0428. The van der Waals surface area contributed by atoms with E-state index in [9.17, 15) is 14.7 Å². The predicted octanol–water partition coefficient (Wildman–Crippen LogP) is 3.09. The van der Waals surface area contributed by atoms with Crippen LogP contribution in [-0.2, 0) is 16.1 Å². The maximum atomic E-state index is 12.8. The topological polar surface area (TPSA) is 124 Å². The SMILES string of the molecule is COC(=O)CN(C(=O)Oc1ccc(O)cc1)[C@@H](C)c1ccc(OCc2ncon2)cc1. The van der Waals surface area contributed by atoms with Gasteiger partial charge < -0.3 is 23.8 Å². The van der Waals surface area contributed by atoms with Crippen LogP contribution in [0.5, 0.6) is 17.2 Å². The Bertz CT molecular complexity index is 989. The van der Waals surface area contributed by atoms with Crippen LogP contribution in [-0.4, -0.2) is 45.9 Å². The van der Waals surface area contributed by atoms with Gasteiger partial charge in [0.2, 0.25) is 12.2 Å². The number of aromatic hydroxyl groups is 1. The number of methoxy groups -OCH3 is 1. The first-order valence-corrected chi connectivity index (χ1v) is 9.28. The van der Waals surface area contributed by atoms with Crippen molar-refractivity contribution in [3.63, 3.8) is 0 Å². The van der Waals surface area contributed by atoms with Crippen LogP contribution in [0, 0.1) is 0 Å². The Morgan fingerprint density at radius 3 is 2.39 bits per heavy atom. The number of aromatic nitrogens is 2. The van der Waals surface area contributed by atoms with Gasteiger partial charge in [-0.1, -0.05) is 17.3 Å². The van der Waals surface area contributed by atoms with E-state index in [2.05, 4.69) is 14.7 Å². The Kier molecular flexibility index (Phi) is 7.05. The lowest BCUT2D eigenvalue weighted by Crippen LogP contribution is -2.40. The van der Waals surface area contributed by atoms with Crippen molar-refractivity contribution in [1.82, 2.24) is 15.0 Å². The van der Waals surface area contributed by atoms with Gasteiger partial charge in [-0.2, -0.15) is 4.98 Å². The summed E-state index contributed by atoms with van der Waals surface area (Å²) < 4.78 is 20.3. The molecule has 0 aliphatic carbocycles. The molecule has 2 aromatic carbocycles. The molecule has 162 valence electrons. The smallest absolute Gasteiger partial charge is 0.416 e. The van der Waals surface area contributed by atoms with E-state index in [0.29, 0.717) is 11.6 Å². The van der Waals surface area contributed by atoms with Crippen molar-refractivity contribution < 1.29 is 33.4 Å². The van der Waals surface area contributed by atoms with Crippen LogP contribution >= 0.6 is 0 Å². The number of rotatable bonds is 8. The van der Waals surface area contributed by atoms with Crippen LogP contribution in [0.2, 0.25) is 0 Å². The van der Waals surface area contributed by atoms with Gasteiger partial charge >= 0.3 is 12.1 Å². The van der Waals surface area contributed by atoms with Crippen LogP contribution in [0.3, 0.4) is 0 Å². The van der Waals surface area contributed by atoms with Crippen LogP contribution in [0.25, 0.3) is 0 Å². The third-order valence-electron chi connectivity index (χ3n) is 4.41. The van der Waals surface area contributed by atoms with E-state index >= 15 is 0 Å². The van der Waals surface area contributed by atoms with Crippen molar-refractivity contribution in [3.05, 3.63) is 66.3 Å². The van der Waals surface area contributed by atoms with E-state index in [1.165, 1.54) is 42.7 Å². The third kappa shape index (κ3) is 5.95. The maximum Gasteiger partial charge on any atom is 0.416 e. The van der Waals surface area contributed by atoms with Crippen molar-refractivity contribution in [2.45, 2.75) is 19.6 Å². The first-order valence-electron chi connectivity index (χ1n) is 9.28. The highest BCUT2D eigenvalue weighted by Gasteiger charge is 2.26. The van der Waals surface area contributed by atoms with E-state index in [4.69, 9.17) is 14.2 Å². The minimum Gasteiger partial charge on any atom is -0.508 e. The molecule has 0 bridgehead atoms. The van der Waals surface area contributed by atoms with Gasteiger partial charge in [0.05, 0.1) is 13.2 Å². The van der Waals surface area contributed by atoms with Crippen molar-refractivity contribution in [1.29, 1.82) is 0 Å². The molecule has 1 N–H and O–H groups in total. The average molecular weight is 427 g/mol. The standard InChI is InChI=1S/C21H21N3O7/c1-14(15-3-7-17(8-4-15)29-12-19-22-13-30-23-19)24(11-20(26)28-2)21(27)31-18-9-5-16(25)6-10-18/h3-10,13-14,25H,11-12H2,1-2H3/t14-/m0/s1. The lowest BCUT2D eigenvalue weighted by Gasteiger charge is -2.27. The van der Waals surface area contributed by atoms with Gasteiger partial charge in [0, 0.05) is 0 Å². The molecule has 3 aromatic rings. The van der Waals surface area contributed by atoms with Crippen molar-refractivity contribution in [3.8, 4) is 17.2 Å². The Morgan fingerprint density at radius 2 is 1.77 bits per heavy atom. The van der Waals surface area contributed by atoms with Gasteiger partial charge in [-0.25, -0.2) is 4.79 Å². The summed E-state index contributed by atoms with van der Waals surface area (Å²) in [6.07, 6.45) is 0.484. The monoisotopic (exact) mass is 427 g/mol. The first-order chi connectivity index (χ1) is 15.0. The van der Waals surface area contributed by atoms with Crippen molar-refractivity contribution in [2.75, 3.05) is 13.7 Å². The van der Waals surface area contributed by atoms with Crippen molar-refractivity contribution in [2.24, 2.45) is 0 Å². The molecule has 0 radical (unpaired) electrons. The van der Waals surface area contributed by atoms with Gasteiger partial charge in [-0.3, -0.25) is 9.69 Å². The number of ether oxygens (including phenoxy) is 3. The minimum atomic E-state index is -0.735. The second-order valence-corrected chi connectivity index (χ2v) is 6.45. The number of carbonyl (C=O) groups excluding carboxylic acids is 2. The number of esters is 1. The van der Waals surface area contributed by atoms with Crippen LogP contribution < -0.4 is 9.47 Å². The predicted molar refractivity (Wildman–Crippen MR) is 106 cm³/mol. The summed E-state index contributed by atoms with van der Waals surface area (Å²) >= 11 is 0. The lowest BCUT2D eigenvalue weighted by molar-refractivity contribution is -0.141. The molecule has 0 unspecified atom stereocenters. The molecule has 1 aromatic heterocycles. The molecular weight excluding hydrogens is 406 g/mol. The molecule has 10 nitrogen and oxygen atoms in total. The van der Waals surface area contributed by atoms with Crippen molar-refractivity contribution >= 4 is 12.1 Å². The molecular formula is C21H21N3O7. The molecule has 0 aliphatic heterocycles. The summed E-state index contributed by atoms with van der Waals surface area (Å²) in [5.74, 6) is 0.677. The molecule has 0 fully saturated rings. The molecule has 0 spiro atoms. The summed E-state index contributed by atoms with van der Waals surface area (Å²) in [7, 11) is 1.24. The summed E-state index contributed by atoms with van der Waals surface area (Å²) in [4.78, 5) is 29.7. The number of carbonyl (C=O) groups is 2. The zero-order valence-corrected chi connectivity index (χ0v) is 16.9. The summed E-state index contributed by atoms with van der Waals surface area (Å²) in [6, 6.07) is 12.2. The van der Waals surface area contributed by atoms with Gasteiger partial charge in [-0.15, -0.1) is 0 Å². The highest BCUT2D eigenvalue weighted by Crippen LogP contribution is 2.25. The number of hydrogen-bond donors (Lipinski definition) is 1. The highest BCUT2D eigenvalue weighted by molar-refractivity contribution is 5.79. The summed E-state index contributed by atoms with van der Waals surface area (Å²) in [6.45, 7) is 1.61. The van der Waals surface area contributed by atoms with Gasteiger partial charge in [0.25, 0.3) is 0 Å². The fourth-order valence-corrected chi connectivity index (χ4v) is 2.66. The number of amides is 1. The quantitative estimate of drug-likeness (QED) is 0.540. The molecule has 1 amide bonds. The fraction of sp³-hybridized carbons (Fsp3) is 0.238. The molecule has 10 heteroatoms. The molecule has 31 heavy (non-hydrogen) atoms. The largest absolute Gasteiger partial charge is 0.508 e. The number of phenols is 1.